The first-order valence-electron chi connectivity index (χ1n) is 9.98. The summed E-state index contributed by atoms with van der Waals surface area (Å²) in [6.07, 6.45) is 3.46. The number of aryl methyl sites for hydroxylation is 1. The molecule has 12 heteroatoms. The number of carbonyl (C=O) groups excluding carboxylic acids is 1. The monoisotopic (exact) mass is 473 g/mol. The van der Waals surface area contributed by atoms with Gasteiger partial charge in [0.1, 0.15) is 5.52 Å². The van der Waals surface area contributed by atoms with E-state index in [2.05, 4.69) is 30.9 Å². The molecule has 3 heterocycles. The van der Waals surface area contributed by atoms with E-state index in [0.717, 1.165) is 19.4 Å². The second-order valence-corrected chi connectivity index (χ2v) is 8.25. The van der Waals surface area contributed by atoms with E-state index < -0.39 is 0 Å². The van der Waals surface area contributed by atoms with Gasteiger partial charge in [0.25, 0.3) is 0 Å². The highest BCUT2D eigenvalue weighted by atomic mass is 35.5. The summed E-state index contributed by atoms with van der Waals surface area (Å²) in [5, 5.41) is 18.8. The molecule has 0 saturated carbocycles. The maximum atomic E-state index is 11.9. The fourth-order valence-corrected chi connectivity index (χ4v) is 4.23. The molecule has 1 fully saturated rings. The number of carbonyl (C=O) groups is 1. The number of fused-ring (bicyclic) bond motifs is 1. The molecule has 32 heavy (non-hydrogen) atoms. The van der Waals surface area contributed by atoms with E-state index >= 15 is 0 Å². The van der Waals surface area contributed by atoms with Gasteiger partial charge in [-0.15, -0.1) is 0 Å². The van der Waals surface area contributed by atoms with Crippen LogP contribution in [0.3, 0.4) is 0 Å². The third kappa shape index (κ3) is 4.35. The maximum Gasteiger partial charge on any atom is 0.317 e. The van der Waals surface area contributed by atoms with E-state index in [1.807, 2.05) is 13.1 Å². The van der Waals surface area contributed by atoms with E-state index in [0.29, 0.717) is 50.9 Å². The van der Waals surface area contributed by atoms with E-state index in [4.69, 9.17) is 28.5 Å². The highest BCUT2D eigenvalue weighted by Crippen LogP contribution is 2.34. The Bertz CT molecular complexity index is 1200. The molecule has 2 amide bonds. The smallest absolute Gasteiger partial charge is 0.317 e. The number of benzene rings is 1. The van der Waals surface area contributed by atoms with Gasteiger partial charge in [-0.25, -0.2) is 14.8 Å². The number of halogens is 2. The van der Waals surface area contributed by atoms with Crippen LogP contribution in [0.2, 0.25) is 10.0 Å². The van der Waals surface area contributed by atoms with Crippen LogP contribution in [-0.4, -0.2) is 56.6 Å². The number of hydrogen-bond donors (Lipinski definition) is 3. The second-order valence-electron chi connectivity index (χ2n) is 7.43. The van der Waals surface area contributed by atoms with Gasteiger partial charge >= 0.3 is 6.03 Å². The quantitative estimate of drug-likeness (QED) is 0.529. The second kappa shape index (κ2) is 9.06. The summed E-state index contributed by atoms with van der Waals surface area (Å²) >= 11 is 12.6. The van der Waals surface area contributed by atoms with Crippen molar-refractivity contribution >= 4 is 58.0 Å². The molecule has 3 aromatic rings. The number of nitriles is 1. The van der Waals surface area contributed by atoms with Crippen molar-refractivity contribution in [3.63, 3.8) is 0 Å². The molecular formula is C20H21Cl2N9O. The molecular weight excluding hydrogens is 453 g/mol. The average Bonchev–Trinajstić information content (AvgIpc) is 3.10. The zero-order valence-electron chi connectivity index (χ0n) is 17.5. The Morgan fingerprint density at radius 1 is 1.28 bits per heavy atom. The lowest BCUT2D eigenvalue weighted by Gasteiger charge is -2.32. The molecule has 1 aromatic carbocycles. The predicted octanol–water partition coefficient (Wildman–Crippen LogP) is 3.50. The van der Waals surface area contributed by atoms with Crippen LogP contribution in [0.15, 0.2) is 18.3 Å². The van der Waals surface area contributed by atoms with Crippen molar-refractivity contribution in [2.75, 3.05) is 30.8 Å². The van der Waals surface area contributed by atoms with Gasteiger partial charge in [0.2, 0.25) is 11.9 Å². The van der Waals surface area contributed by atoms with Crippen LogP contribution < -0.4 is 16.0 Å². The fourth-order valence-electron chi connectivity index (χ4n) is 3.65. The van der Waals surface area contributed by atoms with E-state index in [-0.39, 0.29) is 12.1 Å². The molecule has 0 bridgehead atoms. The Hall–Kier alpha value is -3.29. The number of imidazole rings is 1. The van der Waals surface area contributed by atoms with E-state index in [1.54, 1.807) is 22.7 Å². The molecule has 0 unspecified atom stereocenters. The zero-order chi connectivity index (χ0) is 22.8. The third-order valence-corrected chi connectivity index (χ3v) is 5.87. The lowest BCUT2D eigenvalue weighted by molar-refractivity contribution is 0.184. The largest absolute Gasteiger partial charge is 0.350 e. The SMILES string of the molecule is CNC(=O)N1CCC[C@@H](Nc2ncc3nc(Nc4c(Cl)cc(C#N)cc4Cl)n(C)c3n2)C1. The highest BCUT2D eigenvalue weighted by Gasteiger charge is 2.24. The summed E-state index contributed by atoms with van der Waals surface area (Å²) in [5.41, 5.74) is 2.03. The van der Waals surface area contributed by atoms with Crippen LogP contribution in [0.25, 0.3) is 11.2 Å². The Labute approximate surface area is 194 Å². The van der Waals surface area contributed by atoms with Crippen LogP contribution in [-0.2, 0) is 7.05 Å². The number of aromatic nitrogens is 4. The van der Waals surface area contributed by atoms with Crippen molar-refractivity contribution in [3.8, 4) is 6.07 Å². The Kier molecular flexibility index (Phi) is 6.21. The van der Waals surface area contributed by atoms with Gasteiger partial charge in [0, 0.05) is 33.2 Å². The normalized spacial score (nSPS) is 16.0. The third-order valence-electron chi connectivity index (χ3n) is 5.28. The van der Waals surface area contributed by atoms with Gasteiger partial charge in [0.05, 0.1) is 33.6 Å². The van der Waals surface area contributed by atoms with Crippen LogP contribution in [0, 0.1) is 11.3 Å². The van der Waals surface area contributed by atoms with Gasteiger partial charge < -0.3 is 20.9 Å². The number of hydrogen-bond acceptors (Lipinski definition) is 7. The molecule has 1 aliphatic heterocycles. The summed E-state index contributed by atoms with van der Waals surface area (Å²) in [5.74, 6) is 0.939. The molecule has 1 aliphatic rings. The molecule has 2 aromatic heterocycles. The van der Waals surface area contributed by atoms with Crippen LogP contribution in [0.1, 0.15) is 18.4 Å². The molecule has 1 saturated heterocycles. The van der Waals surface area contributed by atoms with Crippen LogP contribution in [0.4, 0.5) is 22.4 Å². The number of nitrogens with one attached hydrogen (secondary N) is 3. The molecule has 1 atom stereocenters. The Balaban J connectivity index is 1.56. The summed E-state index contributed by atoms with van der Waals surface area (Å²) in [6, 6.07) is 5.05. The zero-order valence-corrected chi connectivity index (χ0v) is 19.0. The predicted molar refractivity (Wildman–Crippen MR) is 123 cm³/mol. The van der Waals surface area contributed by atoms with Crippen LogP contribution in [0.5, 0.6) is 0 Å². The van der Waals surface area contributed by atoms with Gasteiger partial charge in [-0.05, 0) is 25.0 Å². The van der Waals surface area contributed by atoms with Crippen molar-refractivity contribution in [3.05, 3.63) is 33.9 Å². The van der Waals surface area contributed by atoms with Crippen molar-refractivity contribution in [1.29, 1.82) is 5.26 Å². The number of urea groups is 1. The first-order valence-corrected chi connectivity index (χ1v) is 10.7. The van der Waals surface area contributed by atoms with E-state index in [1.165, 1.54) is 12.1 Å². The summed E-state index contributed by atoms with van der Waals surface area (Å²) in [7, 11) is 3.44. The first-order chi connectivity index (χ1) is 15.4. The van der Waals surface area contributed by atoms with Gasteiger partial charge in [-0.1, -0.05) is 23.2 Å². The number of piperidine rings is 1. The number of likely N-dealkylation sites (tertiary alicyclic amines) is 1. The minimum atomic E-state index is -0.0876. The van der Waals surface area contributed by atoms with Crippen molar-refractivity contribution < 1.29 is 4.79 Å². The Morgan fingerprint density at radius 2 is 2.03 bits per heavy atom. The standard InChI is InChI=1S/C20H21Cl2N9O/c1-24-20(32)31-5-3-4-12(10-31)26-18-25-9-15-17(29-18)30(2)19(27-15)28-16-13(21)6-11(8-23)7-14(16)22/h6-7,9,12H,3-5,10H2,1-2H3,(H,24,32)(H,27,28)(H,25,26,29)/t12-/m1/s1. The minimum Gasteiger partial charge on any atom is -0.350 e. The summed E-state index contributed by atoms with van der Waals surface area (Å²) in [4.78, 5) is 27.2. The van der Waals surface area contributed by atoms with Gasteiger partial charge in [0.15, 0.2) is 5.65 Å². The summed E-state index contributed by atoms with van der Waals surface area (Å²) in [6.45, 7) is 1.31. The van der Waals surface area contributed by atoms with Gasteiger partial charge in [-0.3, -0.25) is 4.57 Å². The summed E-state index contributed by atoms with van der Waals surface area (Å²) < 4.78 is 1.77. The number of anilines is 3. The number of amides is 2. The minimum absolute atomic E-state index is 0.0561. The van der Waals surface area contributed by atoms with Crippen molar-refractivity contribution in [1.82, 2.24) is 29.7 Å². The molecule has 166 valence electrons. The topological polar surface area (TPSA) is 124 Å². The van der Waals surface area contributed by atoms with Crippen molar-refractivity contribution in [2.24, 2.45) is 7.05 Å². The average molecular weight is 474 g/mol. The number of nitrogens with zero attached hydrogens (tertiary/aromatic N) is 6. The lowest BCUT2D eigenvalue weighted by atomic mass is 10.1. The Morgan fingerprint density at radius 3 is 2.72 bits per heavy atom. The van der Waals surface area contributed by atoms with Crippen LogP contribution >= 0.6 is 23.2 Å². The lowest BCUT2D eigenvalue weighted by Crippen LogP contribution is -2.48. The highest BCUT2D eigenvalue weighted by molar-refractivity contribution is 6.39. The van der Waals surface area contributed by atoms with Crippen molar-refractivity contribution in [2.45, 2.75) is 18.9 Å². The molecule has 0 aliphatic carbocycles. The number of rotatable bonds is 4. The van der Waals surface area contributed by atoms with Gasteiger partial charge in [-0.2, -0.15) is 10.2 Å². The molecule has 10 nitrogen and oxygen atoms in total. The first kappa shape index (κ1) is 21.9. The molecule has 3 N–H and O–H groups in total. The fraction of sp³-hybridized carbons (Fsp3) is 0.350. The van der Waals surface area contributed by atoms with E-state index in [9.17, 15) is 4.79 Å². The molecule has 4 rings (SSSR count). The molecule has 0 spiro atoms. The maximum absolute atomic E-state index is 11.9. The molecule has 0 radical (unpaired) electrons.